The van der Waals surface area contributed by atoms with Crippen LogP contribution in [0.3, 0.4) is 0 Å². The number of carboxylic acid groups (broad SMARTS) is 1. The molecule has 1 aromatic rings. The zero-order valence-corrected chi connectivity index (χ0v) is 15.1. The SMILES string of the molecule is COc1cccc(CN2CC(C(=O)O)CC2=O)c1OCCN1CCCC1. The molecule has 2 fully saturated rings. The Kier molecular flexibility index (Phi) is 5.98. The Morgan fingerprint density at radius 2 is 2.08 bits per heavy atom. The van der Waals surface area contributed by atoms with Gasteiger partial charge in [0.25, 0.3) is 0 Å². The molecule has 1 atom stereocenters. The van der Waals surface area contributed by atoms with Gasteiger partial charge in [0.05, 0.1) is 13.0 Å². The summed E-state index contributed by atoms with van der Waals surface area (Å²) in [5.74, 6) is -0.421. The summed E-state index contributed by atoms with van der Waals surface area (Å²) in [6.45, 7) is 4.21. The van der Waals surface area contributed by atoms with Crippen LogP contribution in [0, 0.1) is 5.92 Å². The highest BCUT2D eigenvalue weighted by atomic mass is 16.5. The Balaban J connectivity index is 1.68. The molecule has 0 aliphatic carbocycles. The highest BCUT2D eigenvalue weighted by Gasteiger charge is 2.34. The summed E-state index contributed by atoms with van der Waals surface area (Å²) in [6, 6.07) is 5.59. The van der Waals surface area contributed by atoms with Gasteiger partial charge in [-0.05, 0) is 32.0 Å². The molecule has 2 saturated heterocycles. The number of ether oxygens (including phenoxy) is 2. The molecule has 7 heteroatoms. The number of rotatable bonds is 8. The molecule has 2 aliphatic rings. The van der Waals surface area contributed by atoms with Gasteiger partial charge in [-0.3, -0.25) is 14.5 Å². The van der Waals surface area contributed by atoms with Crippen molar-refractivity contribution >= 4 is 11.9 Å². The van der Waals surface area contributed by atoms with E-state index in [0.29, 0.717) is 24.7 Å². The highest BCUT2D eigenvalue weighted by molar-refractivity contribution is 5.86. The van der Waals surface area contributed by atoms with Crippen LogP contribution in [0.5, 0.6) is 11.5 Å². The van der Waals surface area contributed by atoms with E-state index in [-0.39, 0.29) is 18.9 Å². The lowest BCUT2D eigenvalue weighted by Crippen LogP contribution is -2.27. The topological polar surface area (TPSA) is 79.3 Å². The first kappa shape index (κ1) is 18.5. The van der Waals surface area contributed by atoms with Crippen molar-refractivity contribution in [3.05, 3.63) is 23.8 Å². The maximum atomic E-state index is 12.1. The van der Waals surface area contributed by atoms with E-state index < -0.39 is 11.9 Å². The Morgan fingerprint density at radius 1 is 1.31 bits per heavy atom. The van der Waals surface area contributed by atoms with Gasteiger partial charge in [-0.1, -0.05) is 12.1 Å². The van der Waals surface area contributed by atoms with Crippen LogP contribution in [0.4, 0.5) is 0 Å². The van der Waals surface area contributed by atoms with Gasteiger partial charge in [0.15, 0.2) is 11.5 Å². The van der Waals surface area contributed by atoms with Crippen molar-refractivity contribution in [1.82, 2.24) is 9.80 Å². The van der Waals surface area contributed by atoms with Crippen LogP contribution in [0.1, 0.15) is 24.8 Å². The number of hydrogen-bond acceptors (Lipinski definition) is 5. The first-order valence-electron chi connectivity index (χ1n) is 9.10. The summed E-state index contributed by atoms with van der Waals surface area (Å²) >= 11 is 0. The summed E-state index contributed by atoms with van der Waals surface area (Å²) in [5.41, 5.74) is 0.838. The normalized spacial score (nSPS) is 20.6. The minimum Gasteiger partial charge on any atom is -0.493 e. The van der Waals surface area contributed by atoms with Crippen LogP contribution >= 0.6 is 0 Å². The van der Waals surface area contributed by atoms with Crippen LogP contribution in [0.2, 0.25) is 0 Å². The van der Waals surface area contributed by atoms with Crippen LogP contribution in [0.25, 0.3) is 0 Å². The van der Waals surface area contributed by atoms with Crippen molar-refractivity contribution < 1.29 is 24.2 Å². The summed E-state index contributed by atoms with van der Waals surface area (Å²) in [7, 11) is 1.59. The molecule has 1 unspecified atom stereocenters. The first-order valence-corrected chi connectivity index (χ1v) is 9.10. The molecule has 1 aromatic carbocycles. The molecule has 0 aromatic heterocycles. The van der Waals surface area contributed by atoms with E-state index >= 15 is 0 Å². The van der Waals surface area contributed by atoms with E-state index in [1.807, 2.05) is 18.2 Å². The number of methoxy groups -OCH3 is 1. The summed E-state index contributed by atoms with van der Waals surface area (Å²) in [6.07, 6.45) is 2.54. The summed E-state index contributed by atoms with van der Waals surface area (Å²) in [5, 5.41) is 9.14. The molecule has 2 aliphatic heterocycles. The number of amides is 1. The van der Waals surface area contributed by atoms with Gasteiger partial charge in [0.1, 0.15) is 6.61 Å². The van der Waals surface area contributed by atoms with E-state index in [2.05, 4.69) is 4.90 Å². The molecule has 26 heavy (non-hydrogen) atoms. The van der Waals surface area contributed by atoms with Gasteiger partial charge < -0.3 is 19.5 Å². The van der Waals surface area contributed by atoms with Crippen molar-refractivity contribution in [2.45, 2.75) is 25.8 Å². The molecule has 2 heterocycles. The lowest BCUT2D eigenvalue weighted by atomic mass is 10.1. The number of carbonyl (C=O) groups excluding carboxylic acids is 1. The molecule has 0 spiro atoms. The number of nitrogens with zero attached hydrogens (tertiary/aromatic N) is 2. The molecule has 3 rings (SSSR count). The molecule has 1 N–H and O–H groups in total. The van der Waals surface area contributed by atoms with Crippen molar-refractivity contribution in [1.29, 1.82) is 0 Å². The number of benzene rings is 1. The average Bonchev–Trinajstić information content (AvgIpc) is 3.26. The molecular weight excluding hydrogens is 336 g/mol. The van der Waals surface area contributed by atoms with E-state index in [1.54, 1.807) is 12.0 Å². The molecule has 0 bridgehead atoms. The van der Waals surface area contributed by atoms with Crippen molar-refractivity contribution in [2.75, 3.05) is 39.9 Å². The molecular formula is C19H26N2O5. The number of carboxylic acids is 1. The van der Waals surface area contributed by atoms with E-state index in [0.717, 1.165) is 25.2 Å². The van der Waals surface area contributed by atoms with Crippen LogP contribution in [-0.4, -0.2) is 66.7 Å². The zero-order valence-electron chi connectivity index (χ0n) is 15.1. The van der Waals surface area contributed by atoms with E-state index in [4.69, 9.17) is 14.6 Å². The minimum absolute atomic E-state index is 0.0600. The van der Waals surface area contributed by atoms with Crippen molar-refractivity contribution in [3.63, 3.8) is 0 Å². The predicted octanol–water partition coefficient (Wildman–Crippen LogP) is 1.60. The number of hydrogen-bond donors (Lipinski definition) is 1. The number of para-hydroxylation sites is 1. The summed E-state index contributed by atoms with van der Waals surface area (Å²) < 4.78 is 11.4. The van der Waals surface area contributed by atoms with Crippen molar-refractivity contribution in [2.24, 2.45) is 5.92 Å². The molecule has 142 valence electrons. The van der Waals surface area contributed by atoms with Crippen LogP contribution in [-0.2, 0) is 16.1 Å². The second-order valence-electron chi connectivity index (χ2n) is 6.86. The quantitative estimate of drug-likeness (QED) is 0.757. The molecule has 0 saturated carbocycles. The smallest absolute Gasteiger partial charge is 0.308 e. The highest BCUT2D eigenvalue weighted by Crippen LogP contribution is 2.33. The molecule has 7 nitrogen and oxygen atoms in total. The largest absolute Gasteiger partial charge is 0.493 e. The van der Waals surface area contributed by atoms with E-state index in [9.17, 15) is 9.59 Å². The van der Waals surface area contributed by atoms with Gasteiger partial charge in [0, 0.05) is 31.6 Å². The second kappa shape index (κ2) is 8.40. The maximum absolute atomic E-state index is 12.1. The Hall–Kier alpha value is -2.28. The van der Waals surface area contributed by atoms with Gasteiger partial charge in [-0.25, -0.2) is 0 Å². The Labute approximate surface area is 153 Å². The van der Waals surface area contributed by atoms with Gasteiger partial charge in [-0.2, -0.15) is 0 Å². The molecule has 1 amide bonds. The fourth-order valence-corrected chi connectivity index (χ4v) is 3.59. The van der Waals surface area contributed by atoms with Crippen molar-refractivity contribution in [3.8, 4) is 11.5 Å². The minimum atomic E-state index is -0.923. The number of aliphatic carboxylic acids is 1. The van der Waals surface area contributed by atoms with Gasteiger partial charge in [0.2, 0.25) is 5.91 Å². The van der Waals surface area contributed by atoms with Crippen LogP contribution in [0.15, 0.2) is 18.2 Å². The third-order valence-corrected chi connectivity index (χ3v) is 5.06. The Morgan fingerprint density at radius 3 is 2.73 bits per heavy atom. The summed E-state index contributed by atoms with van der Waals surface area (Å²) in [4.78, 5) is 27.2. The first-order chi connectivity index (χ1) is 12.6. The number of likely N-dealkylation sites (tertiary alicyclic amines) is 2. The lowest BCUT2D eigenvalue weighted by molar-refractivity contribution is -0.141. The van der Waals surface area contributed by atoms with Gasteiger partial charge >= 0.3 is 5.97 Å². The predicted molar refractivity (Wildman–Crippen MR) is 95.3 cm³/mol. The fourth-order valence-electron chi connectivity index (χ4n) is 3.59. The molecule has 0 radical (unpaired) electrons. The Bertz CT molecular complexity index is 657. The lowest BCUT2D eigenvalue weighted by Gasteiger charge is -2.21. The monoisotopic (exact) mass is 362 g/mol. The van der Waals surface area contributed by atoms with E-state index in [1.165, 1.54) is 12.8 Å². The second-order valence-corrected chi connectivity index (χ2v) is 6.86. The third-order valence-electron chi connectivity index (χ3n) is 5.06. The zero-order chi connectivity index (χ0) is 18.5. The maximum Gasteiger partial charge on any atom is 0.308 e. The van der Waals surface area contributed by atoms with Crippen LogP contribution < -0.4 is 9.47 Å². The average molecular weight is 362 g/mol. The van der Waals surface area contributed by atoms with Gasteiger partial charge in [-0.15, -0.1) is 0 Å². The number of carbonyl (C=O) groups is 2. The standard InChI is InChI=1S/C19H26N2O5/c1-25-16-6-4-5-14(12-21-13-15(19(23)24)11-17(21)22)18(16)26-10-9-20-7-2-3-8-20/h4-6,15H,2-3,7-13H2,1H3,(H,23,24). The third kappa shape index (κ3) is 4.27. The fraction of sp³-hybridized carbons (Fsp3) is 0.579.